The van der Waals surface area contributed by atoms with Crippen molar-refractivity contribution in [1.82, 2.24) is 24.9 Å². The van der Waals surface area contributed by atoms with Gasteiger partial charge in [-0.3, -0.25) is 18.2 Å². The van der Waals surface area contributed by atoms with Gasteiger partial charge in [-0.15, -0.1) is 131 Å². The summed E-state index contributed by atoms with van der Waals surface area (Å²) >= 11 is 0. The Morgan fingerprint density at radius 3 is 0.871 bits per heavy atom. The molecule has 0 aliphatic rings. The molecule has 5 aromatic heterocycles. The molecule has 15 nitrogen and oxygen atoms in total. The number of aliphatic hydroxyl groups excluding tert-OH is 10. The van der Waals surface area contributed by atoms with E-state index in [9.17, 15) is 52.7 Å². The van der Waals surface area contributed by atoms with Gasteiger partial charge in [-0.2, -0.15) is 39.5 Å². The van der Waals surface area contributed by atoms with Crippen molar-refractivity contribution >= 4 is 54.0 Å². The maximum atomic E-state index is 13.8. The van der Waals surface area contributed by atoms with Crippen LogP contribution in [0.15, 0.2) is 267 Å². The van der Waals surface area contributed by atoms with Gasteiger partial charge in [0.1, 0.15) is 0 Å². The van der Waals surface area contributed by atoms with E-state index in [2.05, 4.69) is 55.3 Å². The molecule has 0 bridgehead atoms. The molecule has 32 heteroatoms. The standard InChI is InChI=1S/3C16H9F3N.C15H8F2N.C15H9FN.5C5H12O2.5CH4.5Ir/c17-16(18,19)13-6-3-5-12(10-13)15-14-7-2-1-4-11(14)8-9-20-15;17-16(18,19)13-8-5-12(6-9-13)15-10-7-11-3-1-2-4-14(11)20-15;17-16(18,19)13-7-5-12(6-8-13)15-14-4-2-1-3-11(14)9-10-20-15;16-11-5-6-13(14(17)9-11)15-12-4-2-1-3-10(12)7-8-18-15;16-13-7-5-12(6-8-13)15-14-4-2-1-3-11(14)9-10-17-15;5*1-4(6)3-5(2)7;;;;;;;;;;/h1-4,6-10H;2*1-5,7-10H;1-5,7-9H;1-5,7-10H;5*4-7H,3H2,1-2H3;5*1H4;;;;;/q5*-1;;;;;;;;;;;;;;;. The molecule has 775 valence electrons. The number of pyridine rings is 5. The third kappa shape index (κ3) is 50.0. The van der Waals surface area contributed by atoms with Gasteiger partial charge in [0, 0.05) is 143 Å². The van der Waals surface area contributed by atoms with Crippen molar-refractivity contribution in [3.63, 3.8) is 0 Å². The first-order valence-corrected chi connectivity index (χ1v) is 41.2. The van der Waals surface area contributed by atoms with Gasteiger partial charge in [0.15, 0.2) is 0 Å². The number of para-hydroxylation sites is 1. The predicted molar refractivity (Wildman–Crippen MR) is 519 cm³/mol. The van der Waals surface area contributed by atoms with Gasteiger partial charge >= 0.3 is 18.5 Å². The smallest absolute Gasteiger partial charge is 0.393 e. The number of alkyl halides is 9. The van der Waals surface area contributed by atoms with Crippen molar-refractivity contribution < 1.29 is 204 Å². The first-order chi connectivity index (χ1) is 61.4. The fourth-order valence-electron chi connectivity index (χ4n) is 12.5. The molecule has 5 radical (unpaired) electrons. The minimum Gasteiger partial charge on any atom is -0.393 e. The Hall–Kier alpha value is -8.74. The van der Waals surface area contributed by atoms with Gasteiger partial charge in [0.2, 0.25) is 0 Å². The molecule has 0 aliphatic heterocycles. The third-order valence-corrected chi connectivity index (χ3v) is 18.0. The fourth-order valence-corrected chi connectivity index (χ4v) is 12.5. The Morgan fingerprint density at radius 1 is 0.271 bits per heavy atom. The first-order valence-electron chi connectivity index (χ1n) is 41.2. The summed E-state index contributed by atoms with van der Waals surface area (Å²) in [6.45, 7) is 16.6. The quantitative estimate of drug-likeness (QED) is 0.0338. The van der Waals surface area contributed by atoms with Crippen molar-refractivity contribution in [3.05, 3.63) is 332 Å². The Labute approximate surface area is 882 Å². The van der Waals surface area contributed by atoms with Crippen molar-refractivity contribution in [1.29, 1.82) is 0 Å². The van der Waals surface area contributed by atoms with Gasteiger partial charge < -0.3 is 71.0 Å². The minimum absolute atomic E-state index is 0. The van der Waals surface area contributed by atoms with Crippen LogP contribution in [0.4, 0.5) is 52.7 Å². The second kappa shape index (κ2) is 70.1. The zero-order valence-electron chi connectivity index (χ0n) is 74.6. The Bertz CT molecular complexity index is 5760. The number of rotatable bonds is 15. The fraction of sp³-hybridized carbons (Fsp3) is 0.306. The summed E-state index contributed by atoms with van der Waals surface area (Å²) in [6, 6.07) is 79.5. The van der Waals surface area contributed by atoms with E-state index < -0.39 is 46.9 Å². The summed E-state index contributed by atoms with van der Waals surface area (Å²) in [7, 11) is 0. The topological polar surface area (TPSA) is 267 Å². The predicted octanol–water partition coefficient (Wildman–Crippen LogP) is 25.8. The molecule has 10 atom stereocenters. The molecule has 0 aliphatic carbocycles. The number of halogens is 12. The summed E-state index contributed by atoms with van der Waals surface area (Å²) in [5, 5.41) is 94.2. The van der Waals surface area contributed by atoms with E-state index >= 15 is 0 Å². The first kappa shape index (κ1) is 140. The van der Waals surface area contributed by atoms with Crippen LogP contribution in [0, 0.1) is 47.8 Å². The van der Waals surface area contributed by atoms with Crippen LogP contribution in [0.3, 0.4) is 0 Å². The summed E-state index contributed by atoms with van der Waals surface area (Å²) in [5.41, 5.74) is 4.20. The summed E-state index contributed by atoms with van der Waals surface area (Å²) in [4.78, 5) is 21.4. The molecule has 140 heavy (non-hydrogen) atoms. The Kier molecular flexibility index (Phi) is 69.9. The molecule has 15 rings (SSSR count). The zero-order chi connectivity index (χ0) is 96.0. The number of nitrogens with zero attached hydrogens (tertiary/aromatic N) is 5. The van der Waals surface area contributed by atoms with E-state index in [1.807, 2.05) is 152 Å². The maximum absolute atomic E-state index is 13.8. The van der Waals surface area contributed by atoms with E-state index in [0.717, 1.165) is 114 Å². The molecule has 10 N–H and O–H groups in total. The second-order valence-corrected chi connectivity index (χ2v) is 30.5. The number of hydrogen-bond acceptors (Lipinski definition) is 15. The number of aromatic nitrogens is 5. The van der Waals surface area contributed by atoms with Gasteiger partial charge in [0.25, 0.3) is 0 Å². The molecule has 15 aromatic rings. The number of aliphatic hydroxyl groups is 10. The molecular weight excluding hydrogens is 2720 g/mol. The molecule has 5 heterocycles. The molecule has 0 fully saturated rings. The van der Waals surface area contributed by atoms with E-state index in [1.165, 1.54) is 30.3 Å². The molecule has 0 saturated carbocycles. The van der Waals surface area contributed by atoms with Crippen LogP contribution in [-0.4, -0.2) is 137 Å². The van der Waals surface area contributed by atoms with E-state index in [4.69, 9.17) is 51.1 Å². The van der Waals surface area contributed by atoms with Crippen molar-refractivity contribution in [2.24, 2.45) is 0 Å². The summed E-state index contributed by atoms with van der Waals surface area (Å²) in [6.07, 6.45) is -7.85. The van der Waals surface area contributed by atoms with Crippen LogP contribution in [-0.2, 0) is 119 Å². The molecule has 0 spiro atoms. The van der Waals surface area contributed by atoms with E-state index in [1.54, 1.807) is 106 Å². The van der Waals surface area contributed by atoms with Crippen molar-refractivity contribution in [3.8, 4) is 56.3 Å². The van der Waals surface area contributed by atoms with Gasteiger partial charge in [-0.05, 0) is 225 Å². The van der Waals surface area contributed by atoms with Crippen LogP contribution in [0.1, 0.15) is 155 Å². The maximum Gasteiger partial charge on any atom is 0.399 e. The zero-order valence-corrected chi connectivity index (χ0v) is 86.6. The van der Waals surface area contributed by atoms with Crippen LogP contribution in [0.5, 0.6) is 0 Å². The van der Waals surface area contributed by atoms with Crippen LogP contribution >= 0.6 is 0 Å². The summed E-state index contributed by atoms with van der Waals surface area (Å²) < 4.78 is 153. The van der Waals surface area contributed by atoms with Crippen LogP contribution in [0.25, 0.3) is 110 Å². The molecule has 10 aromatic carbocycles. The monoisotopic (exact) mass is 2840 g/mol. The van der Waals surface area contributed by atoms with E-state index in [-0.39, 0.29) is 210 Å². The summed E-state index contributed by atoms with van der Waals surface area (Å²) in [5.74, 6) is -1.58. The minimum atomic E-state index is -4.37. The van der Waals surface area contributed by atoms with Crippen molar-refractivity contribution in [2.45, 2.75) is 218 Å². The van der Waals surface area contributed by atoms with E-state index in [0.29, 0.717) is 71.6 Å². The molecule has 10 unspecified atom stereocenters. The third-order valence-electron chi connectivity index (χ3n) is 18.0. The number of benzene rings is 10. The average Bonchev–Trinajstić information content (AvgIpc) is 0.802. The SMILES string of the molecule is C.C.C.C.C.CC(O)CC(C)O.CC(O)CC(C)O.CC(O)CC(C)O.CC(O)CC(C)O.CC(O)CC(C)O.FC(F)(F)c1c[c-]c(-c2ccc3ccccc3n2)cc1.FC(F)(F)c1c[c-]c(-c2nccc3ccccc23)cc1.FC(F)(F)c1cc[c-]c(-c2nccc3ccccc23)c1.Fc1c[c-]c(-c2nccc3ccccc23)c(F)c1.Fc1c[c-]c(-c2nccc3ccccc23)cc1.[Ir].[Ir].[Ir].[Ir].[Ir]. The number of hydrogen-bond donors (Lipinski definition) is 10. The van der Waals surface area contributed by atoms with Crippen molar-refractivity contribution in [2.75, 3.05) is 0 Å². The van der Waals surface area contributed by atoms with Gasteiger partial charge in [0.05, 0.1) is 66.6 Å². The second-order valence-electron chi connectivity index (χ2n) is 30.5. The van der Waals surface area contributed by atoms with Gasteiger partial charge in [-0.25, -0.2) is 0 Å². The largest absolute Gasteiger partial charge is 0.399 e. The normalized spacial score (nSPS) is 12.4. The molecule has 0 amide bonds. The molecular formula is C108H124F12Ir5N5O10-5. The van der Waals surface area contributed by atoms with Crippen LogP contribution in [0.2, 0.25) is 0 Å². The average molecular weight is 2840 g/mol. The molecule has 0 saturated heterocycles. The number of fused-ring (bicyclic) bond motifs is 5. The Balaban J connectivity index is -0.000000492. The van der Waals surface area contributed by atoms with Crippen LogP contribution < -0.4 is 0 Å². The van der Waals surface area contributed by atoms with Gasteiger partial charge in [-0.1, -0.05) is 176 Å². The Morgan fingerprint density at radius 2 is 0.564 bits per heavy atom.